The number of halogens is 3. The number of aromatic hydroxyl groups is 1. The number of fused-ring (bicyclic) bond motifs is 1. The molecule has 4 heterocycles. The molecule has 7 nitrogen and oxygen atoms in total. The van der Waals surface area contributed by atoms with Crippen LogP contribution in [0.3, 0.4) is 0 Å². The quantitative estimate of drug-likeness (QED) is 0.696. The molecule has 0 amide bonds. The van der Waals surface area contributed by atoms with Crippen LogP contribution in [-0.4, -0.2) is 37.8 Å². The molecule has 1 aliphatic rings. The molecule has 0 radical (unpaired) electrons. The topological polar surface area (TPSA) is 90.1 Å². The van der Waals surface area contributed by atoms with Crippen LogP contribution in [0.4, 0.5) is 13.2 Å². The zero-order valence-electron chi connectivity index (χ0n) is 15.9. The molecule has 0 atom stereocenters. The lowest BCUT2D eigenvalue weighted by molar-refractivity contribution is -0.139. The van der Waals surface area contributed by atoms with E-state index in [0.717, 1.165) is 23.6 Å². The second-order valence-electron chi connectivity index (χ2n) is 7.16. The fraction of sp³-hybridized carbons (Fsp3) is 0.400. The molecular formula is C20H19F3N4O3. The molecule has 4 rings (SSSR count). The van der Waals surface area contributed by atoms with E-state index in [-0.39, 0.29) is 35.2 Å². The van der Waals surface area contributed by atoms with Crippen molar-refractivity contribution in [2.45, 2.75) is 32.0 Å². The van der Waals surface area contributed by atoms with Gasteiger partial charge in [0, 0.05) is 32.2 Å². The van der Waals surface area contributed by atoms with Crippen LogP contribution in [0.15, 0.2) is 35.4 Å². The van der Waals surface area contributed by atoms with E-state index in [1.807, 2.05) is 0 Å². The van der Waals surface area contributed by atoms with Crippen molar-refractivity contribution in [1.82, 2.24) is 19.5 Å². The minimum atomic E-state index is -4.80. The average Bonchev–Trinajstić information content (AvgIpc) is 2.73. The van der Waals surface area contributed by atoms with Crippen LogP contribution in [0.2, 0.25) is 0 Å². The molecule has 0 bridgehead atoms. The molecule has 1 fully saturated rings. The van der Waals surface area contributed by atoms with E-state index < -0.39 is 22.8 Å². The summed E-state index contributed by atoms with van der Waals surface area (Å²) in [6, 6.07) is 4.14. The van der Waals surface area contributed by atoms with Gasteiger partial charge in [0.2, 0.25) is 0 Å². The van der Waals surface area contributed by atoms with E-state index in [1.54, 1.807) is 0 Å². The monoisotopic (exact) mass is 420 g/mol. The van der Waals surface area contributed by atoms with Crippen LogP contribution in [-0.2, 0) is 17.5 Å². The minimum Gasteiger partial charge on any atom is -0.506 e. The van der Waals surface area contributed by atoms with Crippen LogP contribution >= 0.6 is 0 Å². The van der Waals surface area contributed by atoms with Crippen molar-refractivity contribution in [1.29, 1.82) is 0 Å². The average molecular weight is 420 g/mol. The van der Waals surface area contributed by atoms with Gasteiger partial charge in [-0.2, -0.15) is 13.2 Å². The number of ether oxygens (including phenoxy) is 1. The second kappa shape index (κ2) is 8.02. The van der Waals surface area contributed by atoms with E-state index in [1.165, 1.54) is 24.4 Å². The molecule has 3 aromatic heterocycles. The third-order valence-electron chi connectivity index (χ3n) is 5.24. The van der Waals surface area contributed by atoms with Gasteiger partial charge in [0.05, 0.1) is 10.9 Å². The smallest absolute Gasteiger partial charge is 0.434 e. The predicted molar refractivity (Wildman–Crippen MR) is 102 cm³/mol. The number of hydrogen-bond acceptors (Lipinski definition) is 6. The highest BCUT2D eigenvalue weighted by Crippen LogP contribution is 2.33. The van der Waals surface area contributed by atoms with E-state index >= 15 is 0 Å². The molecule has 30 heavy (non-hydrogen) atoms. The fourth-order valence-electron chi connectivity index (χ4n) is 3.68. The summed E-state index contributed by atoms with van der Waals surface area (Å²) in [5.41, 5.74) is -2.24. The van der Waals surface area contributed by atoms with Crippen LogP contribution in [0.1, 0.15) is 25.0 Å². The molecule has 0 unspecified atom stereocenters. The van der Waals surface area contributed by atoms with Crippen LogP contribution in [0, 0.1) is 5.92 Å². The highest BCUT2D eigenvalue weighted by Gasteiger charge is 2.36. The van der Waals surface area contributed by atoms with Gasteiger partial charge in [-0.3, -0.25) is 14.3 Å². The Morgan fingerprint density at radius 2 is 1.93 bits per heavy atom. The van der Waals surface area contributed by atoms with Crippen molar-refractivity contribution < 1.29 is 23.0 Å². The zero-order chi connectivity index (χ0) is 21.3. The third kappa shape index (κ3) is 3.87. The van der Waals surface area contributed by atoms with Gasteiger partial charge >= 0.3 is 6.18 Å². The molecule has 1 saturated heterocycles. The SMILES string of the molecule is O=c1c2c(C(F)(F)F)nccc2nc(-c2ncccc2O)n1CCC1CCOCC1. The summed E-state index contributed by atoms with van der Waals surface area (Å²) in [5, 5.41) is 9.64. The number of rotatable bonds is 4. The van der Waals surface area contributed by atoms with Gasteiger partial charge in [-0.25, -0.2) is 9.97 Å². The molecule has 0 saturated carbocycles. The van der Waals surface area contributed by atoms with Gasteiger partial charge in [-0.1, -0.05) is 0 Å². The Balaban J connectivity index is 1.90. The van der Waals surface area contributed by atoms with E-state index in [2.05, 4.69) is 15.0 Å². The molecule has 3 aromatic rings. The molecule has 0 spiro atoms. The van der Waals surface area contributed by atoms with Crippen molar-refractivity contribution in [3.63, 3.8) is 0 Å². The van der Waals surface area contributed by atoms with Crippen LogP contribution < -0.4 is 5.56 Å². The van der Waals surface area contributed by atoms with Crippen molar-refractivity contribution in [3.8, 4) is 17.3 Å². The summed E-state index contributed by atoms with van der Waals surface area (Å²) in [5.74, 6) is 0.0909. The fourth-order valence-corrected chi connectivity index (χ4v) is 3.68. The standard InChI is InChI=1S/C20H19F3N4O3/c21-20(22,23)17-15-13(3-8-25-17)26-18(16-14(28)2-1-7-24-16)27(19(15)29)9-4-12-5-10-30-11-6-12/h1-3,7-8,12,28H,4-6,9-11H2. The van der Waals surface area contributed by atoms with Gasteiger partial charge in [0.15, 0.2) is 11.5 Å². The molecular weight excluding hydrogens is 401 g/mol. The molecule has 0 aliphatic carbocycles. The number of alkyl halides is 3. The maximum atomic E-state index is 13.5. The second-order valence-corrected chi connectivity index (χ2v) is 7.16. The number of hydrogen-bond donors (Lipinski definition) is 1. The first kappa shape index (κ1) is 20.3. The van der Waals surface area contributed by atoms with Crippen molar-refractivity contribution in [2.75, 3.05) is 13.2 Å². The first-order valence-electron chi connectivity index (χ1n) is 9.55. The van der Waals surface area contributed by atoms with Gasteiger partial charge in [0.1, 0.15) is 11.4 Å². The van der Waals surface area contributed by atoms with Crippen LogP contribution in [0.5, 0.6) is 5.75 Å². The maximum absolute atomic E-state index is 13.5. The zero-order valence-corrected chi connectivity index (χ0v) is 15.9. The highest BCUT2D eigenvalue weighted by molar-refractivity contribution is 5.82. The van der Waals surface area contributed by atoms with Gasteiger partial charge in [0.25, 0.3) is 5.56 Å². The van der Waals surface area contributed by atoms with Crippen molar-refractivity contribution in [3.05, 3.63) is 46.6 Å². The van der Waals surface area contributed by atoms with E-state index in [4.69, 9.17) is 4.74 Å². The Hall–Kier alpha value is -3.01. The molecule has 10 heteroatoms. The Labute approximate surface area is 169 Å². The minimum absolute atomic E-state index is 0.0250. The molecule has 1 N–H and O–H groups in total. The normalized spacial score (nSPS) is 15.6. The number of nitrogens with zero attached hydrogens (tertiary/aromatic N) is 4. The highest BCUT2D eigenvalue weighted by atomic mass is 19.4. The van der Waals surface area contributed by atoms with Crippen LogP contribution in [0.25, 0.3) is 22.4 Å². The Morgan fingerprint density at radius 1 is 1.17 bits per heavy atom. The maximum Gasteiger partial charge on any atom is 0.434 e. The lowest BCUT2D eigenvalue weighted by Crippen LogP contribution is -2.28. The summed E-state index contributed by atoms with van der Waals surface area (Å²) in [6.07, 6.45) is -0.218. The lowest BCUT2D eigenvalue weighted by atomic mass is 9.96. The Kier molecular flexibility index (Phi) is 5.42. The lowest BCUT2D eigenvalue weighted by Gasteiger charge is -2.23. The predicted octanol–water partition coefficient (Wildman–Crippen LogP) is 3.39. The number of aromatic nitrogens is 4. The summed E-state index contributed by atoms with van der Waals surface area (Å²) in [6.45, 7) is 1.38. The number of pyridine rings is 2. The van der Waals surface area contributed by atoms with E-state index in [0.29, 0.717) is 19.6 Å². The summed E-state index contributed by atoms with van der Waals surface area (Å²) < 4.78 is 47.0. The first-order valence-corrected chi connectivity index (χ1v) is 9.55. The summed E-state index contributed by atoms with van der Waals surface area (Å²) in [4.78, 5) is 25.0. The van der Waals surface area contributed by atoms with Gasteiger partial charge in [-0.15, -0.1) is 0 Å². The third-order valence-corrected chi connectivity index (χ3v) is 5.24. The Morgan fingerprint density at radius 3 is 2.63 bits per heavy atom. The summed E-state index contributed by atoms with van der Waals surface area (Å²) >= 11 is 0. The summed E-state index contributed by atoms with van der Waals surface area (Å²) in [7, 11) is 0. The van der Waals surface area contributed by atoms with Crippen molar-refractivity contribution >= 4 is 10.9 Å². The largest absolute Gasteiger partial charge is 0.506 e. The van der Waals surface area contributed by atoms with Crippen molar-refractivity contribution in [2.24, 2.45) is 5.92 Å². The Bertz CT molecular complexity index is 1120. The van der Waals surface area contributed by atoms with Gasteiger partial charge < -0.3 is 9.84 Å². The van der Waals surface area contributed by atoms with Gasteiger partial charge in [-0.05, 0) is 43.4 Å². The first-order chi connectivity index (χ1) is 14.4. The molecule has 158 valence electrons. The van der Waals surface area contributed by atoms with E-state index in [9.17, 15) is 23.1 Å². The molecule has 1 aliphatic heterocycles. The molecule has 0 aromatic carbocycles.